The third-order valence-electron chi connectivity index (χ3n) is 4.84. The van der Waals surface area contributed by atoms with E-state index in [0.717, 1.165) is 30.8 Å². The number of amides is 1. The fourth-order valence-corrected chi connectivity index (χ4v) is 3.66. The number of aromatic nitrogens is 2. The minimum Gasteiger partial charge on any atom is -0.459 e. The van der Waals surface area contributed by atoms with E-state index in [2.05, 4.69) is 4.98 Å². The number of rotatable bonds is 7. The SMILES string of the molecule is O=C(c1ccco1)N(Cc1nccn1Cc1cccc(Cl)c1)CC1CCCO1. The standard InChI is InChI=1S/C21H22ClN3O3/c22-17-5-1-4-16(12-17)13-24-9-8-23-20(24)15-25(14-18-6-2-10-27-18)21(26)19-7-3-11-28-19/h1,3-5,7-9,11-12,18H,2,6,10,13-15H2. The Morgan fingerprint density at radius 2 is 2.25 bits per heavy atom. The van der Waals surface area contributed by atoms with Gasteiger partial charge in [-0.15, -0.1) is 0 Å². The molecule has 1 atom stereocenters. The lowest BCUT2D eigenvalue weighted by atomic mass is 10.2. The molecule has 0 radical (unpaired) electrons. The van der Waals surface area contributed by atoms with Crippen LogP contribution in [0.15, 0.2) is 59.5 Å². The predicted molar refractivity (Wildman–Crippen MR) is 105 cm³/mol. The van der Waals surface area contributed by atoms with Crippen LogP contribution in [0.5, 0.6) is 0 Å². The average molecular weight is 400 g/mol. The van der Waals surface area contributed by atoms with Crippen molar-refractivity contribution < 1.29 is 13.9 Å². The van der Waals surface area contributed by atoms with Crippen LogP contribution in [-0.2, 0) is 17.8 Å². The van der Waals surface area contributed by atoms with Gasteiger partial charge in [0.05, 0.1) is 18.9 Å². The van der Waals surface area contributed by atoms with Crippen LogP contribution in [0.4, 0.5) is 0 Å². The fraction of sp³-hybridized carbons (Fsp3) is 0.333. The van der Waals surface area contributed by atoms with Crippen molar-refractivity contribution in [3.8, 4) is 0 Å². The number of benzene rings is 1. The van der Waals surface area contributed by atoms with Crippen LogP contribution in [0.3, 0.4) is 0 Å². The van der Waals surface area contributed by atoms with E-state index in [4.69, 9.17) is 20.8 Å². The van der Waals surface area contributed by atoms with Gasteiger partial charge in [-0.2, -0.15) is 0 Å². The molecule has 6 nitrogen and oxygen atoms in total. The van der Waals surface area contributed by atoms with Gasteiger partial charge in [-0.25, -0.2) is 4.98 Å². The Kier molecular flexibility index (Phi) is 5.78. The highest BCUT2D eigenvalue weighted by molar-refractivity contribution is 6.30. The Labute approximate surface area is 168 Å². The molecule has 0 spiro atoms. The summed E-state index contributed by atoms with van der Waals surface area (Å²) in [6.07, 6.45) is 7.21. The zero-order valence-electron chi connectivity index (χ0n) is 15.5. The number of imidazole rings is 1. The van der Waals surface area contributed by atoms with E-state index in [1.165, 1.54) is 6.26 Å². The van der Waals surface area contributed by atoms with Gasteiger partial charge in [0.1, 0.15) is 5.82 Å². The van der Waals surface area contributed by atoms with Gasteiger partial charge in [-0.3, -0.25) is 4.79 Å². The summed E-state index contributed by atoms with van der Waals surface area (Å²) >= 11 is 6.10. The van der Waals surface area contributed by atoms with E-state index >= 15 is 0 Å². The molecule has 1 aliphatic heterocycles. The quantitative estimate of drug-likeness (QED) is 0.602. The van der Waals surface area contributed by atoms with Crippen molar-refractivity contribution in [3.63, 3.8) is 0 Å². The summed E-state index contributed by atoms with van der Waals surface area (Å²) in [5.74, 6) is 0.974. The molecule has 0 aliphatic carbocycles. The summed E-state index contributed by atoms with van der Waals surface area (Å²) in [4.78, 5) is 19.2. The van der Waals surface area contributed by atoms with Gasteiger partial charge < -0.3 is 18.6 Å². The molecule has 3 heterocycles. The van der Waals surface area contributed by atoms with Crippen molar-refractivity contribution in [1.29, 1.82) is 0 Å². The molecule has 1 fully saturated rings. The van der Waals surface area contributed by atoms with Crippen LogP contribution in [0.2, 0.25) is 5.02 Å². The van der Waals surface area contributed by atoms with Crippen molar-refractivity contribution >= 4 is 17.5 Å². The van der Waals surface area contributed by atoms with Gasteiger partial charge in [0.2, 0.25) is 0 Å². The van der Waals surface area contributed by atoms with Crippen molar-refractivity contribution in [3.05, 3.63) is 77.2 Å². The molecule has 2 aromatic heterocycles. The number of hydrogen-bond donors (Lipinski definition) is 0. The van der Waals surface area contributed by atoms with E-state index < -0.39 is 0 Å². The third-order valence-corrected chi connectivity index (χ3v) is 5.08. The Bertz CT molecular complexity index is 917. The van der Waals surface area contributed by atoms with E-state index in [1.807, 2.05) is 35.0 Å². The van der Waals surface area contributed by atoms with Gasteiger partial charge in [0.15, 0.2) is 5.76 Å². The molecule has 146 valence electrons. The highest BCUT2D eigenvalue weighted by Gasteiger charge is 2.26. The molecule has 28 heavy (non-hydrogen) atoms. The number of hydrogen-bond acceptors (Lipinski definition) is 4. The maximum atomic E-state index is 13.0. The topological polar surface area (TPSA) is 60.5 Å². The maximum absolute atomic E-state index is 13.0. The van der Waals surface area contributed by atoms with E-state index in [0.29, 0.717) is 30.4 Å². The summed E-state index contributed by atoms with van der Waals surface area (Å²) in [6, 6.07) is 11.1. The molecular weight excluding hydrogens is 378 g/mol. The van der Waals surface area contributed by atoms with Crippen LogP contribution in [0, 0.1) is 0 Å². The van der Waals surface area contributed by atoms with Gasteiger partial charge >= 0.3 is 0 Å². The molecule has 7 heteroatoms. The molecule has 1 aromatic carbocycles. The molecule has 1 saturated heterocycles. The lowest BCUT2D eigenvalue weighted by Crippen LogP contribution is -2.37. The summed E-state index contributed by atoms with van der Waals surface area (Å²) in [5, 5.41) is 0.701. The number of carbonyl (C=O) groups excluding carboxylic acids is 1. The second kappa shape index (κ2) is 8.63. The van der Waals surface area contributed by atoms with Crippen LogP contribution in [0.25, 0.3) is 0 Å². The number of carbonyl (C=O) groups is 1. The normalized spacial score (nSPS) is 16.4. The third kappa shape index (κ3) is 4.46. The first-order valence-electron chi connectivity index (χ1n) is 9.38. The van der Waals surface area contributed by atoms with E-state index in [1.54, 1.807) is 23.2 Å². The second-order valence-electron chi connectivity index (χ2n) is 6.90. The first-order chi connectivity index (χ1) is 13.7. The van der Waals surface area contributed by atoms with Crippen molar-refractivity contribution in [2.75, 3.05) is 13.2 Å². The highest BCUT2D eigenvalue weighted by Crippen LogP contribution is 2.18. The number of halogens is 1. The van der Waals surface area contributed by atoms with Crippen molar-refractivity contribution in [2.45, 2.75) is 32.0 Å². The van der Waals surface area contributed by atoms with Gasteiger partial charge in [0, 0.05) is 37.1 Å². The first kappa shape index (κ1) is 18.8. The lowest BCUT2D eigenvalue weighted by molar-refractivity contribution is 0.0475. The van der Waals surface area contributed by atoms with Crippen LogP contribution in [0.1, 0.15) is 34.8 Å². The summed E-state index contributed by atoms with van der Waals surface area (Å²) in [7, 11) is 0. The number of furan rings is 1. The molecule has 0 bridgehead atoms. The van der Waals surface area contributed by atoms with Crippen LogP contribution >= 0.6 is 11.6 Å². The Morgan fingerprint density at radius 3 is 3.00 bits per heavy atom. The molecule has 1 aliphatic rings. The fourth-order valence-electron chi connectivity index (χ4n) is 3.45. The minimum absolute atomic E-state index is 0.0512. The van der Waals surface area contributed by atoms with E-state index in [9.17, 15) is 4.79 Å². The number of nitrogens with zero attached hydrogens (tertiary/aromatic N) is 3. The molecule has 1 unspecified atom stereocenters. The van der Waals surface area contributed by atoms with Gasteiger partial charge in [-0.05, 0) is 42.7 Å². The molecule has 4 rings (SSSR count). The lowest BCUT2D eigenvalue weighted by Gasteiger charge is -2.24. The number of ether oxygens (including phenoxy) is 1. The Balaban J connectivity index is 1.53. The second-order valence-corrected chi connectivity index (χ2v) is 7.34. The monoisotopic (exact) mass is 399 g/mol. The molecule has 3 aromatic rings. The zero-order chi connectivity index (χ0) is 19.3. The van der Waals surface area contributed by atoms with Gasteiger partial charge in [0.25, 0.3) is 5.91 Å². The van der Waals surface area contributed by atoms with Crippen molar-refractivity contribution in [1.82, 2.24) is 14.5 Å². The highest BCUT2D eigenvalue weighted by atomic mass is 35.5. The van der Waals surface area contributed by atoms with Crippen LogP contribution < -0.4 is 0 Å². The molecule has 1 amide bonds. The predicted octanol–water partition coefficient (Wildman–Crippen LogP) is 4.00. The Hall–Kier alpha value is -2.57. The molecule has 0 N–H and O–H groups in total. The minimum atomic E-state index is -0.155. The average Bonchev–Trinajstić information content (AvgIpc) is 3.45. The first-order valence-corrected chi connectivity index (χ1v) is 9.75. The smallest absolute Gasteiger partial charge is 0.290 e. The van der Waals surface area contributed by atoms with Crippen molar-refractivity contribution in [2.24, 2.45) is 0 Å². The molecular formula is C21H22ClN3O3. The maximum Gasteiger partial charge on any atom is 0.290 e. The summed E-state index contributed by atoms with van der Waals surface area (Å²) < 4.78 is 13.1. The van der Waals surface area contributed by atoms with E-state index in [-0.39, 0.29) is 12.0 Å². The summed E-state index contributed by atoms with van der Waals surface area (Å²) in [6.45, 7) is 2.28. The molecule has 0 saturated carbocycles. The Morgan fingerprint density at radius 1 is 1.32 bits per heavy atom. The van der Waals surface area contributed by atoms with Crippen LogP contribution in [-0.4, -0.2) is 39.6 Å². The zero-order valence-corrected chi connectivity index (χ0v) is 16.2. The summed E-state index contributed by atoms with van der Waals surface area (Å²) in [5.41, 5.74) is 1.08. The van der Waals surface area contributed by atoms with Gasteiger partial charge in [-0.1, -0.05) is 23.7 Å². The largest absolute Gasteiger partial charge is 0.459 e.